The molecule has 0 spiro atoms. The third-order valence-electron chi connectivity index (χ3n) is 4.08. The molecule has 0 aliphatic heterocycles. The van der Waals surface area contributed by atoms with Crippen LogP contribution in [-0.4, -0.2) is 20.4 Å². The van der Waals surface area contributed by atoms with Crippen LogP contribution in [0.4, 0.5) is 5.69 Å². The first kappa shape index (κ1) is 16.7. The highest BCUT2D eigenvalue weighted by atomic mass is 35.5. The Morgan fingerprint density at radius 2 is 2.12 bits per heavy atom. The summed E-state index contributed by atoms with van der Waals surface area (Å²) in [7, 11) is 0. The molecule has 0 saturated carbocycles. The van der Waals surface area contributed by atoms with E-state index < -0.39 is 0 Å². The van der Waals surface area contributed by atoms with E-state index in [1.807, 2.05) is 19.1 Å². The second-order valence-corrected chi connectivity index (χ2v) is 7.18. The highest BCUT2D eigenvalue weighted by molar-refractivity contribution is 7.25. The van der Waals surface area contributed by atoms with Crippen molar-refractivity contribution < 1.29 is 4.79 Å². The number of rotatable bonds is 3. The highest BCUT2D eigenvalue weighted by Crippen LogP contribution is 2.28. The molecule has 1 amide bonds. The summed E-state index contributed by atoms with van der Waals surface area (Å²) in [5.74, 6) is -0.321. The molecule has 4 aromatic rings. The molecule has 0 fully saturated rings. The number of thiophene rings is 1. The first-order valence-electron chi connectivity index (χ1n) is 7.82. The van der Waals surface area contributed by atoms with E-state index >= 15 is 0 Å². The molecule has 0 radical (unpaired) electrons. The van der Waals surface area contributed by atoms with Crippen LogP contribution in [0.3, 0.4) is 0 Å². The number of hydrogen-bond donors (Lipinski definition) is 1. The molecular weight excluding hydrogens is 372 g/mol. The lowest BCUT2D eigenvalue weighted by Gasteiger charge is -2.10. The van der Waals surface area contributed by atoms with E-state index in [0.717, 1.165) is 15.8 Å². The van der Waals surface area contributed by atoms with Crippen molar-refractivity contribution >= 4 is 55.0 Å². The van der Waals surface area contributed by atoms with E-state index in [1.165, 1.54) is 22.2 Å². The number of aromatic nitrogens is 3. The molecular formula is C18H13ClN4O2S. The largest absolute Gasteiger partial charge is 0.324 e. The van der Waals surface area contributed by atoms with Gasteiger partial charge in [-0.1, -0.05) is 17.7 Å². The Bertz CT molecular complexity index is 1210. The van der Waals surface area contributed by atoms with E-state index in [2.05, 4.69) is 15.3 Å². The predicted octanol–water partition coefficient (Wildman–Crippen LogP) is 3.61. The number of halogens is 1. The van der Waals surface area contributed by atoms with Gasteiger partial charge in [-0.05, 0) is 36.8 Å². The smallest absolute Gasteiger partial charge is 0.271 e. The Balaban J connectivity index is 1.66. The molecule has 130 valence electrons. The van der Waals surface area contributed by atoms with Gasteiger partial charge in [0.05, 0.1) is 11.8 Å². The fourth-order valence-corrected chi connectivity index (χ4v) is 3.92. The van der Waals surface area contributed by atoms with Crippen molar-refractivity contribution in [2.45, 2.75) is 13.5 Å². The molecule has 1 aromatic carbocycles. The minimum atomic E-state index is -0.321. The molecule has 0 bridgehead atoms. The molecule has 1 N–H and O–H groups in total. The summed E-state index contributed by atoms with van der Waals surface area (Å²) < 4.78 is 1.79. The van der Waals surface area contributed by atoms with Crippen LogP contribution in [0.1, 0.15) is 5.56 Å². The van der Waals surface area contributed by atoms with Crippen molar-refractivity contribution in [3.8, 4) is 0 Å². The van der Waals surface area contributed by atoms with Gasteiger partial charge in [-0.25, -0.2) is 9.97 Å². The van der Waals surface area contributed by atoms with Crippen LogP contribution < -0.4 is 10.9 Å². The first-order chi connectivity index (χ1) is 12.5. The number of nitrogens with zero attached hydrogens (tertiary/aromatic N) is 3. The zero-order chi connectivity index (χ0) is 18.3. The number of hydrogen-bond acceptors (Lipinski definition) is 5. The van der Waals surface area contributed by atoms with Crippen molar-refractivity contribution in [3.05, 3.63) is 63.8 Å². The fourth-order valence-electron chi connectivity index (χ4n) is 2.70. The van der Waals surface area contributed by atoms with Crippen molar-refractivity contribution in [1.82, 2.24) is 14.5 Å². The normalized spacial score (nSPS) is 11.2. The summed E-state index contributed by atoms with van der Waals surface area (Å²) in [5.41, 5.74) is 1.76. The van der Waals surface area contributed by atoms with Gasteiger partial charge < -0.3 is 5.32 Å². The SMILES string of the molecule is Cc1c(Cl)cccc1NC(=O)Cn1cnc2c(sc3ncccc32)c1=O. The molecule has 0 aliphatic rings. The molecule has 3 heterocycles. The van der Waals surface area contributed by atoms with Gasteiger partial charge >= 0.3 is 0 Å². The van der Waals surface area contributed by atoms with E-state index in [1.54, 1.807) is 24.4 Å². The summed E-state index contributed by atoms with van der Waals surface area (Å²) >= 11 is 7.35. The van der Waals surface area contributed by atoms with Crippen molar-refractivity contribution in [3.63, 3.8) is 0 Å². The Labute approximate surface area is 157 Å². The van der Waals surface area contributed by atoms with Crippen LogP contribution in [0.5, 0.6) is 0 Å². The third kappa shape index (κ3) is 2.85. The standard InChI is InChI=1S/C18H13ClN4O2S/c1-10-12(19)5-2-6-13(10)22-14(24)8-23-9-21-15-11-4-3-7-20-17(11)26-16(15)18(23)25/h2-7,9H,8H2,1H3,(H,22,24). The van der Waals surface area contributed by atoms with Crippen LogP contribution in [0.15, 0.2) is 47.7 Å². The van der Waals surface area contributed by atoms with Gasteiger partial charge in [0.1, 0.15) is 16.1 Å². The Morgan fingerprint density at radius 1 is 1.27 bits per heavy atom. The number of benzene rings is 1. The number of carbonyl (C=O) groups excluding carboxylic acids is 1. The van der Waals surface area contributed by atoms with Gasteiger partial charge in [0.25, 0.3) is 5.56 Å². The number of pyridine rings is 1. The minimum absolute atomic E-state index is 0.130. The van der Waals surface area contributed by atoms with Crippen molar-refractivity contribution in [1.29, 1.82) is 0 Å². The molecule has 0 saturated heterocycles. The zero-order valence-electron chi connectivity index (χ0n) is 13.7. The van der Waals surface area contributed by atoms with Crippen LogP contribution in [0.25, 0.3) is 20.4 Å². The Kier molecular flexibility index (Phi) is 4.18. The Morgan fingerprint density at radius 3 is 2.96 bits per heavy atom. The predicted molar refractivity (Wildman–Crippen MR) is 104 cm³/mol. The van der Waals surface area contributed by atoms with E-state index in [9.17, 15) is 9.59 Å². The lowest BCUT2D eigenvalue weighted by Crippen LogP contribution is -2.27. The van der Waals surface area contributed by atoms with Crippen LogP contribution >= 0.6 is 22.9 Å². The van der Waals surface area contributed by atoms with Gasteiger partial charge in [-0.15, -0.1) is 11.3 Å². The molecule has 0 aliphatic carbocycles. The van der Waals surface area contributed by atoms with Gasteiger partial charge in [0, 0.05) is 22.3 Å². The van der Waals surface area contributed by atoms with Crippen LogP contribution in [0.2, 0.25) is 5.02 Å². The van der Waals surface area contributed by atoms with E-state index in [-0.39, 0.29) is 18.0 Å². The van der Waals surface area contributed by atoms with E-state index in [0.29, 0.717) is 20.9 Å². The topological polar surface area (TPSA) is 76.9 Å². The second kappa shape index (κ2) is 6.51. The molecule has 0 atom stereocenters. The second-order valence-electron chi connectivity index (χ2n) is 5.77. The maximum absolute atomic E-state index is 12.7. The minimum Gasteiger partial charge on any atom is -0.324 e. The maximum atomic E-state index is 12.7. The van der Waals surface area contributed by atoms with Crippen molar-refractivity contribution in [2.24, 2.45) is 0 Å². The summed E-state index contributed by atoms with van der Waals surface area (Å²) in [4.78, 5) is 34.4. The highest BCUT2D eigenvalue weighted by Gasteiger charge is 2.14. The quantitative estimate of drug-likeness (QED) is 0.585. The molecule has 26 heavy (non-hydrogen) atoms. The average molecular weight is 385 g/mol. The summed E-state index contributed by atoms with van der Waals surface area (Å²) in [6.07, 6.45) is 3.07. The van der Waals surface area contributed by atoms with Gasteiger partial charge in [-0.2, -0.15) is 0 Å². The lowest BCUT2D eigenvalue weighted by molar-refractivity contribution is -0.116. The molecule has 0 unspecified atom stereocenters. The molecule has 6 nitrogen and oxygen atoms in total. The number of anilines is 1. The van der Waals surface area contributed by atoms with Gasteiger partial charge in [0.15, 0.2) is 0 Å². The molecule has 3 aromatic heterocycles. The fraction of sp³-hybridized carbons (Fsp3) is 0.111. The van der Waals surface area contributed by atoms with Gasteiger partial charge in [0.2, 0.25) is 5.91 Å². The first-order valence-corrected chi connectivity index (χ1v) is 9.01. The third-order valence-corrected chi connectivity index (χ3v) is 5.58. The van der Waals surface area contributed by atoms with E-state index in [4.69, 9.17) is 11.6 Å². The molecule has 4 rings (SSSR count). The number of nitrogens with one attached hydrogen (secondary N) is 1. The summed E-state index contributed by atoms with van der Waals surface area (Å²) in [6.45, 7) is 1.69. The number of fused-ring (bicyclic) bond motifs is 3. The summed E-state index contributed by atoms with van der Waals surface area (Å²) in [5, 5.41) is 4.20. The maximum Gasteiger partial charge on any atom is 0.271 e. The zero-order valence-corrected chi connectivity index (χ0v) is 15.3. The Hall–Kier alpha value is -2.77. The summed E-state index contributed by atoms with van der Waals surface area (Å²) in [6, 6.07) is 8.97. The number of carbonyl (C=O) groups is 1. The lowest BCUT2D eigenvalue weighted by atomic mass is 10.2. The van der Waals surface area contributed by atoms with Gasteiger partial charge in [-0.3, -0.25) is 14.2 Å². The van der Waals surface area contributed by atoms with Crippen molar-refractivity contribution in [2.75, 3.05) is 5.32 Å². The average Bonchev–Trinajstić information content (AvgIpc) is 3.01. The molecule has 8 heteroatoms. The number of amides is 1. The monoisotopic (exact) mass is 384 g/mol. The van der Waals surface area contributed by atoms with Crippen LogP contribution in [-0.2, 0) is 11.3 Å². The van der Waals surface area contributed by atoms with Crippen LogP contribution in [0, 0.1) is 6.92 Å².